The molecule has 0 bridgehead atoms. The van der Waals surface area contributed by atoms with Gasteiger partial charge in [-0.3, -0.25) is 0 Å². The Morgan fingerprint density at radius 2 is 2.24 bits per heavy atom. The second-order valence-corrected chi connectivity index (χ2v) is 5.14. The van der Waals surface area contributed by atoms with Gasteiger partial charge < -0.3 is 10.3 Å². The first kappa shape index (κ1) is 15.0. The summed E-state index contributed by atoms with van der Waals surface area (Å²) in [5.74, 6) is 1.75. The summed E-state index contributed by atoms with van der Waals surface area (Å²) in [5, 5.41) is 3.09. The zero-order valence-electron chi connectivity index (χ0n) is 8.99. The average Bonchev–Trinajstić information content (AvgIpc) is 2.68. The van der Waals surface area contributed by atoms with Gasteiger partial charge in [0, 0.05) is 0 Å². The van der Waals surface area contributed by atoms with Gasteiger partial charge in [0.05, 0.1) is 11.0 Å². The molecule has 2 rings (SSSR count). The summed E-state index contributed by atoms with van der Waals surface area (Å²) in [6.07, 6.45) is 1.12. The molecule has 2 N–H and O–H groups in total. The van der Waals surface area contributed by atoms with Crippen molar-refractivity contribution >= 4 is 74.8 Å². The fraction of sp³-hybridized carbons (Fsp3) is 0.273. The molecule has 1 heterocycles. The molecule has 0 spiro atoms. The van der Waals surface area contributed by atoms with E-state index < -0.39 is 0 Å². The Morgan fingerprint density at radius 1 is 1.47 bits per heavy atom. The molecule has 0 aliphatic heterocycles. The second-order valence-electron chi connectivity index (χ2n) is 3.36. The van der Waals surface area contributed by atoms with Crippen LogP contribution in [0.5, 0.6) is 0 Å². The molecule has 0 fully saturated rings. The van der Waals surface area contributed by atoms with Crippen LogP contribution in [0.25, 0.3) is 11.0 Å². The van der Waals surface area contributed by atoms with Gasteiger partial charge >= 0.3 is 29.6 Å². The Bertz CT molecular complexity index is 465. The van der Waals surface area contributed by atoms with Gasteiger partial charge in [-0.2, -0.15) is 0 Å². The van der Waals surface area contributed by atoms with Gasteiger partial charge in [0.1, 0.15) is 4.32 Å². The number of fused-ring (bicyclic) bond motifs is 1. The van der Waals surface area contributed by atoms with E-state index in [1.807, 2.05) is 24.3 Å². The molecule has 0 amide bonds. The van der Waals surface area contributed by atoms with Crippen molar-refractivity contribution in [2.75, 3.05) is 11.1 Å². The monoisotopic (exact) mass is 275 g/mol. The van der Waals surface area contributed by atoms with Gasteiger partial charge in [0.2, 0.25) is 5.95 Å². The summed E-state index contributed by atoms with van der Waals surface area (Å²) < 4.78 is 0.765. The molecule has 1 aromatic heterocycles. The van der Waals surface area contributed by atoms with Crippen molar-refractivity contribution in [3.63, 3.8) is 0 Å². The van der Waals surface area contributed by atoms with Crippen LogP contribution in [0.1, 0.15) is 13.3 Å². The Balaban J connectivity index is 0.00000144. The van der Waals surface area contributed by atoms with Crippen molar-refractivity contribution in [1.82, 2.24) is 9.97 Å². The van der Waals surface area contributed by atoms with Gasteiger partial charge in [-0.25, -0.2) is 4.98 Å². The summed E-state index contributed by atoms with van der Waals surface area (Å²) in [4.78, 5) is 7.57. The topological polar surface area (TPSA) is 40.7 Å². The predicted molar refractivity (Wildman–Crippen MR) is 82.2 cm³/mol. The maximum atomic E-state index is 5.20. The number of imidazole rings is 1. The maximum absolute atomic E-state index is 5.20. The third-order valence-electron chi connectivity index (χ3n) is 2.05. The SMILES string of the molecule is CCCSC(=S)Nc1nc2ccccc2[nH]1.[NaH]. The van der Waals surface area contributed by atoms with Crippen LogP contribution >= 0.6 is 24.0 Å². The fourth-order valence-electron chi connectivity index (χ4n) is 1.34. The molecule has 1 aromatic carbocycles. The van der Waals surface area contributed by atoms with E-state index in [4.69, 9.17) is 12.2 Å². The second kappa shape index (κ2) is 7.38. The zero-order chi connectivity index (χ0) is 11.4. The van der Waals surface area contributed by atoms with Crippen LogP contribution in [0.15, 0.2) is 24.3 Å². The number of H-pyrrole nitrogens is 1. The molecule has 2 aromatic rings. The molecular formula is C11H14N3NaS2. The number of hydrogen-bond acceptors (Lipinski definition) is 3. The van der Waals surface area contributed by atoms with Crippen molar-refractivity contribution < 1.29 is 0 Å². The third kappa shape index (κ3) is 4.26. The molecule has 0 unspecified atom stereocenters. The number of aromatic amines is 1. The summed E-state index contributed by atoms with van der Waals surface area (Å²) in [6, 6.07) is 7.92. The molecule has 0 aliphatic rings. The van der Waals surface area contributed by atoms with E-state index in [0.29, 0.717) is 0 Å². The molecule has 0 aliphatic carbocycles. The molecule has 0 radical (unpaired) electrons. The Labute approximate surface area is 132 Å². The quantitative estimate of drug-likeness (QED) is 0.667. The summed E-state index contributed by atoms with van der Waals surface area (Å²) >= 11 is 6.84. The Morgan fingerprint density at radius 3 is 2.94 bits per heavy atom. The number of thioether (sulfide) groups is 1. The van der Waals surface area contributed by atoms with Crippen LogP contribution in [0, 0.1) is 0 Å². The van der Waals surface area contributed by atoms with E-state index in [1.165, 1.54) is 0 Å². The average molecular weight is 275 g/mol. The first-order chi connectivity index (χ1) is 7.79. The number of benzene rings is 1. The van der Waals surface area contributed by atoms with E-state index in [1.54, 1.807) is 11.8 Å². The number of hydrogen-bond donors (Lipinski definition) is 2. The molecule has 0 atom stereocenters. The summed E-state index contributed by atoms with van der Waals surface area (Å²) in [7, 11) is 0. The van der Waals surface area contributed by atoms with E-state index in [0.717, 1.165) is 33.5 Å². The van der Waals surface area contributed by atoms with Crippen molar-refractivity contribution in [3.8, 4) is 0 Å². The van der Waals surface area contributed by atoms with Gasteiger partial charge in [-0.15, -0.1) is 0 Å². The van der Waals surface area contributed by atoms with Gasteiger partial charge in [0.15, 0.2) is 0 Å². The number of nitrogens with one attached hydrogen (secondary N) is 2. The van der Waals surface area contributed by atoms with Crippen molar-refractivity contribution in [2.45, 2.75) is 13.3 Å². The molecule has 3 nitrogen and oxygen atoms in total. The van der Waals surface area contributed by atoms with E-state index in [-0.39, 0.29) is 29.6 Å². The van der Waals surface area contributed by atoms with Crippen molar-refractivity contribution in [3.05, 3.63) is 24.3 Å². The molecule has 0 saturated carbocycles. The van der Waals surface area contributed by atoms with Gasteiger partial charge in [0.25, 0.3) is 0 Å². The molecule has 6 heteroatoms. The number of rotatable bonds is 3. The molecule has 0 saturated heterocycles. The molecule has 17 heavy (non-hydrogen) atoms. The first-order valence-corrected chi connectivity index (χ1v) is 6.57. The standard InChI is InChI=1S/C11H13N3S2.Na.H/c1-2-7-16-11(15)14-10-12-8-5-3-4-6-9(8)13-10;;/h3-6H,2,7H2,1H3,(H2,12,13,14,15);;. The summed E-state index contributed by atoms with van der Waals surface area (Å²) in [5.41, 5.74) is 1.97. The van der Waals surface area contributed by atoms with Crippen LogP contribution in [0.2, 0.25) is 0 Å². The van der Waals surface area contributed by atoms with E-state index >= 15 is 0 Å². The minimum absolute atomic E-state index is 0. The van der Waals surface area contributed by atoms with Crippen molar-refractivity contribution in [1.29, 1.82) is 0 Å². The number of para-hydroxylation sites is 2. The number of thiocarbonyl (C=S) groups is 1. The molecular weight excluding hydrogens is 261 g/mol. The summed E-state index contributed by atoms with van der Waals surface area (Å²) in [6.45, 7) is 2.14. The van der Waals surface area contributed by atoms with E-state index in [2.05, 4.69) is 22.2 Å². The van der Waals surface area contributed by atoms with E-state index in [9.17, 15) is 0 Å². The normalized spacial score (nSPS) is 9.94. The zero-order valence-corrected chi connectivity index (χ0v) is 10.6. The van der Waals surface area contributed by atoms with Crippen molar-refractivity contribution in [2.24, 2.45) is 0 Å². The number of aromatic nitrogens is 2. The Kier molecular flexibility index (Phi) is 6.51. The number of anilines is 1. The molecule has 86 valence electrons. The van der Waals surface area contributed by atoms with Crippen LogP contribution in [-0.2, 0) is 0 Å². The predicted octanol–water partition coefficient (Wildman–Crippen LogP) is 2.75. The van der Waals surface area contributed by atoms with Crippen LogP contribution in [0.3, 0.4) is 0 Å². The van der Waals surface area contributed by atoms with Crippen LogP contribution in [0.4, 0.5) is 5.95 Å². The minimum atomic E-state index is 0. The van der Waals surface area contributed by atoms with Crippen LogP contribution in [-0.4, -0.2) is 49.6 Å². The fourth-order valence-corrected chi connectivity index (χ4v) is 2.24. The Hall–Kier alpha value is -0.0700. The van der Waals surface area contributed by atoms with Crippen LogP contribution < -0.4 is 5.32 Å². The first-order valence-electron chi connectivity index (χ1n) is 5.18. The van der Waals surface area contributed by atoms with Gasteiger partial charge in [-0.1, -0.05) is 43.0 Å². The number of nitrogens with zero attached hydrogens (tertiary/aromatic N) is 1. The van der Waals surface area contributed by atoms with Gasteiger partial charge in [-0.05, 0) is 24.3 Å². The third-order valence-corrected chi connectivity index (χ3v) is 3.48.